The van der Waals surface area contributed by atoms with Gasteiger partial charge in [-0.25, -0.2) is 4.98 Å². The van der Waals surface area contributed by atoms with Gasteiger partial charge in [-0.15, -0.1) is 11.3 Å². The molecule has 1 aromatic carbocycles. The fourth-order valence-electron chi connectivity index (χ4n) is 2.08. The van der Waals surface area contributed by atoms with Crippen molar-refractivity contribution in [2.75, 3.05) is 0 Å². The first-order chi connectivity index (χ1) is 9.40. The van der Waals surface area contributed by atoms with E-state index in [1.807, 2.05) is 32.9 Å². The average Bonchev–Trinajstić information content (AvgIpc) is 2.78. The summed E-state index contributed by atoms with van der Waals surface area (Å²) in [5, 5.41) is 0.968. The summed E-state index contributed by atoms with van der Waals surface area (Å²) in [7, 11) is 0. The van der Waals surface area contributed by atoms with E-state index < -0.39 is 0 Å². The molecule has 3 nitrogen and oxygen atoms in total. The summed E-state index contributed by atoms with van der Waals surface area (Å²) in [6.07, 6.45) is 1.04. The van der Waals surface area contributed by atoms with Crippen LogP contribution in [0, 0.1) is 6.92 Å². The second kappa shape index (κ2) is 5.94. The van der Waals surface area contributed by atoms with E-state index in [1.165, 1.54) is 5.56 Å². The van der Waals surface area contributed by atoms with Gasteiger partial charge in [0.2, 0.25) is 0 Å². The lowest BCUT2D eigenvalue weighted by Crippen LogP contribution is -2.28. The number of hydrogen-bond donors (Lipinski definition) is 1. The smallest absolute Gasteiger partial charge is 0.140 e. The van der Waals surface area contributed by atoms with E-state index in [-0.39, 0.29) is 5.54 Å². The third kappa shape index (κ3) is 3.58. The lowest BCUT2D eigenvalue weighted by molar-refractivity contribution is 0.305. The molecule has 0 fully saturated rings. The molecule has 0 unspecified atom stereocenters. The molecule has 0 atom stereocenters. The predicted octanol–water partition coefficient (Wildman–Crippen LogP) is 3.79. The molecule has 0 bridgehead atoms. The highest BCUT2D eigenvalue weighted by atomic mass is 32.1. The molecule has 2 rings (SSSR count). The van der Waals surface area contributed by atoms with Crippen molar-refractivity contribution in [3.8, 4) is 5.75 Å². The van der Waals surface area contributed by atoms with E-state index in [0.29, 0.717) is 6.61 Å². The average molecular weight is 290 g/mol. The number of nitrogens with zero attached hydrogens (tertiary/aromatic N) is 1. The van der Waals surface area contributed by atoms with Gasteiger partial charge in [0.15, 0.2) is 0 Å². The number of thiazole rings is 1. The molecule has 0 radical (unpaired) electrons. The van der Waals surface area contributed by atoms with Crippen molar-refractivity contribution in [1.29, 1.82) is 0 Å². The fraction of sp³-hybridized carbons (Fsp3) is 0.438. The van der Waals surface area contributed by atoms with E-state index in [0.717, 1.165) is 27.7 Å². The van der Waals surface area contributed by atoms with Crippen LogP contribution in [0.15, 0.2) is 24.3 Å². The molecule has 4 heteroatoms. The summed E-state index contributed by atoms with van der Waals surface area (Å²) in [4.78, 5) is 5.66. The van der Waals surface area contributed by atoms with Gasteiger partial charge in [0.25, 0.3) is 0 Å². The Labute approximate surface area is 124 Å². The minimum atomic E-state index is -0.344. The highest BCUT2D eigenvalue weighted by Gasteiger charge is 2.21. The molecule has 0 aliphatic rings. The molecule has 0 saturated carbocycles. The van der Waals surface area contributed by atoms with Crippen LogP contribution in [0.1, 0.15) is 41.9 Å². The third-order valence-electron chi connectivity index (χ3n) is 3.12. The van der Waals surface area contributed by atoms with Gasteiger partial charge in [0.05, 0.1) is 5.69 Å². The first kappa shape index (κ1) is 15.0. The van der Waals surface area contributed by atoms with Crippen molar-refractivity contribution in [3.05, 3.63) is 45.4 Å². The van der Waals surface area contributed by atoms with E-state index in [1.54, 1.807) is 11.3 Å². The van der Waals surface area contributed by atoms with Crippen LogP contribution in [0.5, 0.6) is 5.75 Å². The molecular weight excluding hydrogens is 268 g/mol. The number of benzene rings is 1. The van der Waals surface area contributed by atoms with Gasteiger partial charge in [-0.1, -0.05) is 19.1 Å². The Kier molecular flexibility index (Phi) is 4.45. The van der Waals surface area contributed by atoms with Crippen LogP contribution in [-0.2, 0) is 18.6 Å². The van der Waals surface area contributed by atoms with Crippen molar-refractivity contribution >= 4 is 11.3 Å². The summed E-state index contributed by atoms with van der Waals surface area (Å²) >= 11 is 1.63. The molecule has 2 aromatic rings. The van der Waals surface area contributed by atoms with Gasteiger partial charge in [0.1, 0.15) is 17.4 Å². The number of aromatic nitrogens is 1. The van der Waals surface area contributed by atoms with Crippen molar-refractivity contribution in [2.24, 2.45) is 5.73 Å². The zero-order chi connectivity index (χ0) is 14.8. The molecule has 1 heterocycles. The molecule has 108 valence electrons. The quantitative estimate of drug-likeness (QED) is 0.911. The minimum Gasteiger partial charge on any atom is -0.486 e. The summed E-state index contributed by atoms with van der Waals surface area (Å²) < 4.78 is 5.78. The molecular formula is C16H22N2OS. The monoisotopic (exact) mass is 290 g/mol. The first-order valence-electron chi connectivity index (χ1n) is 6.87. The van der Waals surface area contributed by atoms with E-state index >= 15 is 0 Å². The topological polar surface area (TPSA) is 48.1 Å². The lowest BCUT2D eigenvalue weighted by Gasteiger charge is -2.16. The Hall–Kier alpha value is -1.39. The molecule has 0 aliphatic heterocycles. The van der Waals surface area contributed by atoms with Crippen molar-refractivity contribution in [3.63, 3.8) is 0 Å². The Bertz CT molecular complexity index is 567. The van der Waals surface area contributed by atoms with Gasteiger partial charge in [-0.05, 0) is 44.9 Å². The Morgan fingerprint density at radius 2 is 1.90 bits per heavy atom. The van der Waals surface area contributed by atoms with Crippen molar-refractivity contribution in [2.45, 2.75) is 46.3 Å². The van der Waals surface area contributed by atoms with Gasteiger partial charge >= 0.3 is 0 Å². The molecule has 20 heavy (non-hydrogen) atoms. The zero-order valence-corrected chi connectivity index (χ0v) is 13.4. The summed E-state index contributed by atoms with van der Waals surface area (Å²) in [6, 6.07) is 8.20. The molecule has 2 N–H and O–H groups in total. The molecule has 0 saturated heterocycles. The number of ether oxygens (including phenoxy) is 1. The van der Waals surface area contributed by atoms with Crippen LogP contribution in [0.25, 0.3) is 0 Å². The predicted molar refractivity (Wildman–Crippen MR) is 84.2 cm³/mol. The van der Waals surface area contributed by atoms with Crippen LogP contribution in [0.4, 0.5) is 0 Å². The lowest BCUT2D eigenvalue weighted by atomic mass is 10.0. The maximum Gasteiger partial charge on any atom is 0.140 e. The number of hydrogen-bond acceptors (Lipinski definition) is 4. The Balaban J connectivity index is 2.03. The highest BCUT2D eigenvalue weighted by molar-refractivity contribution is 7.11. The summed E-state index contributed by atoms with van der Waals surface area (Å²) in [6.45, 7) is 8.64. The SMILES string of the molecule is CCc1ccc(OCc2nc(C)c(C(C)(C)N)s2)cc1. The molecule has 0 aliphatic carbocycles. The second-order valence-electron chi connectivity index (χ2n) is 5.53. The van der Waals surface area contributed by atoms with Gasteiger partial charge in [-0.3, -0.25) is 0 Å². The maximum atomic E-state index is 6.14. The van der Waals surface area contributed by atoms with E-state index in [9.17, 15) is 0 Å². The first-order valence-corrected chi connectivity index (χ1v) is 7.69. The largest absolute Gasteiger partial charge is 0.486 e. The molecule has 0 spiro atoms. The van der Waals surface area contributed by atoms with E-state index in [4.69, 9.17) is 10.5 Å². The normalized spacial score (nSPS) is 11.7. The fourth-order valence-corrected chi connectivity index (χ4v) is 3.07. The van der Waals surface area contributed by atoms with Crippen LogP contribution < -0.4 is 10.5 Å². The second-order valence-corrected chi connectivity index (χ2v) is 6.61. The van der Waals surface area contributed by atoms with Crippen LogP contribution >= 0.6 is 11.3 Å². The Morgan fingerprint density at radius 3 is 2.40 bits per heavy atom. The van der Waals surface area contributed by atoms with Crippen LogP contribution in [-0.4, -0.2) is 4.98 Å². The highest BCUT2D eigenvalue weighted by Crippen LogP contribution is 2.28. The van der Waals surface area contributed by atoms with Crippen LogP contribution in [0.2, 0.25) is 0 Å². The van der Waals surface area contributed by atoms with Gasteiger partial charge in [-0.2, -0.15) is 0 Å². The van der Waals surface area contributed by atoms with Gasteiger partial charge in [0, 0.05) is 10.4 Å². The van der Waals surface area contributed by atoms with Gasteiger partial charge < -0.3 is 10.5 Å². The Morgan fingerprint density at radius 1 is 1.25 bits per heavy atom. The summed E-state index contributed by atoms with van der Waals surface area (Å²) in [5.41, 5.74) is 8.11. The number of nitrogens with two attached hydrogens (primary N) is 1. The minimum absolute atomic E-state index is 0.344. The summed E-state index contributed by atoms with van der Waals surface area (Å²) in [5.74, 6) is 0.878. The van der Waals surface area contributed by atoms with Crippen molar-refractivity contribution < 1.29 is 4.74 Å². The third-order valence-corrected chi connectivity index (χ3v) is 4.59. The standard InChI is InChI=1S/C16H22N2OS/c1-5-12-6-8-13(9-7-12)19-10-14-18-11(2)15(20-14)16(3,4)17/h6-9H,5,10,17H2,1-4H3. The van der Waals surface area contributed by atoms with E-state index in [2.05, 4.69) is 24.0 Å². The number of aryl methyl sites for hydroxylation is 2. The molecule has 1 aromatic heterocycles. The van der Waals surface area contributed by atoms with Crippen molar-refractivity contribution in [1.82, 2.24) is 4.98 Å². The van der Waals surface area contributed by atoms with Crippen LogP contribution in [0.3, 0.4) is 0 Å². The maximum absolute atomic E-state index is 6.14. The molecule has 0 amide bonds. The number of rotatable bonds is 5. The zero-order valence-electron chi connectivity index (χ0n) is 12.6.